The molecule has 1 aliphatic heterocycles. The third kappa shape index (κ3) is 3.57. The molecular formula is C19H19I2NO. The zero-order chi connectivity index (χ0) is 16.6. The van der Waals surface area contributed by atoms with Crippen molar-refractivity contribution >= 4 is 51.1 Å². The first-order valence-electron chi connectivity index (χ1n) is 7.62. The molecule has 1 aliphatic rings. The number of ether oxygens (including phenoxy) is 1. The molecule has 2 nitrogen and oxygen atoms in total. The van der Waals surface area contributed by atoms with E-state index in [4.69, 9.17) is 9.73 Å². The van der Waals surface area contributed by atoms with Gasteiger partial charge in [0.05, 0.1) is 6.04 Å². The van der Waals surface area contributed by atoms with Crippen LogP contribution in [0.2, 0.25) is 0 Å². The summed E-state index contributed by atoms with van der Waals surface area (Å²) in [5.41, 5.74) is 3.65. The van der Waals surface area contributed by atoms with E-state index in [2.05, 4.69) is 108 Å². The van der Waals surface area contributed by atoms with Crippen LogP contribution in [0.15, 0.2) is 47.5 Å². The van der Waals surface area contributed by atoms with Crippen LogP contribution in [0.3, 0.4) is 0 Å². The van der Waals surface area contributed by atoms with Crippen molar-refractivity contribution in [2.45, 2.75) is 26.8 Å². The highest BCUT2D eigenvalue weighted by atomic mass is 127. The van der Waals surface area contributed by atoms with Crippen LogP contribution in [0.1, 0.15) is 26.3 Å². The number of hydrogen-bond donors (Lipinski definition) is 0. The van der Waals surface area contributed by atoms with E-state index >= 15 is 0 Å². The summed E-state index contributed by atoms with van der Waals surface area (Å²) in [6, 6.07) is 15.0. The van der Waals surface area contributed by atoms with E-state index in [-0.39, 0.29) is 11.5 Å². The molecule has 0 bridgehead atoms. The maximum absolute atomic E-state index is 5.97. The van der Waals surface area contributed by atoms with E-state index in [0.29, 0.717) is 6.61 Å². The van der Waals surface area contributed by atoms with Crippen molar-refractivity contribution in [3.63, 3.8) is 0 Å². The zero-order valence-corrected chi connectivity index (χ0v) is 17.8. The van der Waals surface area contributed by atoms with Crippen molar-refractivity contribution in [3.8, 4) is 11.1 Å². The molecule has 0 saturated heterocycles. The second kappa shape index (κ2) is 6.70. The molecule has 23 heavy (non-hydrogen) atoms. The highest BCUT2D eigenvalue weighted by molar-refractivity contribution is 14.1. The van der Waals surface area contributed by atoms with Crippen molar-refractivity contribution in [1.29, 1.82) is 0 Å². The Hall–Kier alpha value is -0.630. The average Bonchev–Trinajstić information content (AvgIpc) is 2.97. The average molecular weight is 531 g/mol. The molecule has 4 heteroatoms. The molecular weight excluding hydrogens is 512 g/mol. The van der Waals surface area contributed by atoms with Crippen LogP contribution >= 0.6 is 45.2 Å². The van der Waals surface area contributed by atoms with E-state index in [0.717, 1.165) is 11.5 Å². The molecule has 0 saturated carbocycles. The molecule has 0 N–H and O–H groups in total. The van der Waals surface area contributed by atoms with Crippen LogP contribution in [-0.2, 0) is 4.74 Å². The van der Waals surface area contributed by atoms with Crippen LogP contribution in [0.5, 0.6) is 0 Å². The molecule has 0 aliphatic carbocycles. The summed E-state index contributed by atoms with van der Waals surface area (Å²) in [7, 11) is 0. The van der Waals surface area contributed by atoms with Crippen molar-refractivity contribution in [2.75, 3.05) is 6.61 Å². The van der Waals surface area contributed by atoms with Crippen molar-refractivity contribution in [2.24, 2.45) is 10.4 Å². The molecule has 120 valence electrons. The summed E-state index contributed by atoms with van der Waals surface area (Å²) in [6.07, 6.45) is 0. The highest BCUT2D eigenvalue weighted by Gasteiger charge is 2.31. The number of hydrogen-bond acceptors (Lipinski definition) is 2. The molecule has 0 unspecified atom stereocenters. The van der Waals surface area contributed by atoms with Crippen molar-refractivity contribution in [1.82, 2.24) is 0 Å². The molecule has 0 amide bonds. The van der Waals surface area contributed by atoms with E-state index in [1.807, 2.05) is 0 Å². The molecule has 0 radical (unpaired) electrons. The van der Waals surface area contributed by atoms with Crippen LogP contribution in [-0.4, -0.2) is 18.5 Å². The predicted octanol–water partition coefficient (Wildman–Crippen LogP) is 5.75. The minimum atomic E-state index is 0.117. The summed E-state index contributed by atoms with van der Waals surface area (Å²) >= 11 is 4.80. The molecule has 1 atom stereocenters. The Morgan fingerprint density at radius 2 is 1.57 bits per heavy atom. The van der Waals surface area contributed by atoms with Crippen LogP contribution in [0.25, 0.3) is 11.1 Å². The molecule has 0 aromatic heterocycles. The Labute approximate surface area is 165 Å². The molecule has 1 heterocycles. The summed E-state index contributed by atoms with van der Waals surface area (Å²) in [5.74, 6) is 0.774. The molecule has 3 rings (SSSR count). The maximum Gasteiger partial charge on any atom is 0.217 e. The van der Waals surface area contributed by atoms with Crippen LogP contribution < -0.4 is 0 Å². The van der Waals surface area contributed by atoms with Gasteiger partial charge in [-0.3, -0.25) is 0 Å². The van der Waals surface area contributed by atoms with Gasteiger partial charge in [0.15, 0.2) is 0 Å². The Morgan fingerprint density at radius 3 is 2.13 bits per heavy atom. The van der Waals surface area contributed by atoms with Gasteiger partial charge in [-0.05, 0) is 74.4 Å². The quantitative estimate of drug-likeness (QED) is 0.453. The van der Waals surface area contributed by atoms with Gasteiger partial charge in [0.2, 0.25) is 5.90 Å². The summed E-state index contributed by atoms with van der Waals surface area (Å²) in [6.45, 7) is 7.30. The highest BCUT2D eigenvalue weighted by Crippen LogP contribution is 2.35. The van der Waals surface area contributed by atoms with Crippen LogP contribution in [0.4, 0.5) is 0 Å². The lowest BCUT2D eigenvalue weighted by Gasteiger charge is -2.21. The smallest absolute Gasteiger partial charge is 0.217 e. The normalized spacial score (nSPS) is 17.8. The topological polar surface area (TPSA) is 21.6 Å². The largest absolute Gasteiger partial charge is 0.475 e. The van der Waals surface area contributed by atoms with Gasteiger partial charge in [-0.2, -0.15) is 0 Å². The number of halogens is 2. The van der Waals surface area contributed by atoms with Gasteiger partial charge in [-0.25, -0.2) is 4.99 Å². The lowest BCUT2D eigenvalue weighted by Crippen LogP contribution is -2.25. The zero-order valence-electron chi connectivity index (χ0n) is 13.4. The van der Waals surface area contributed by atoms with Crippen molar-refractivity contribution < 1.29 is 4.74 Å². The van der Waals surface area contributed by atoms with Gasteiger partial charge in [0.1, 0.15) is 6.61 Å². The Morgan fingerprint density at radius 1 is 0.957 bits per heavy atom. The lowest BCUT2D eigenvalue weighted by atomic mass is 9.88. The Balaban J connectivity index is 2.10. The van der Waals surface area contributed by atoms with E-state index < -0.39 is 0 Å². The second-order valence-electron chi connectivity index (χ2n) is 6.77. The first-order chi connectivity index (χ1) is 10.9. The van der Waals surface area contributed by atoms with Gasteiger partial charge < -0.3 is 4.74 Å². The summed E-state index contributed by atoms with van der Waals surface area (Å²) in [4.78, 5) is 4.86. The first kappa shape index (κ1) is 17.2. The van der Waals surface area contributed by atoms with Crippen LogP contribution in [0, 0.1) is 12.6 Å². The molecule has 2 aromatic carbocycles. The minimum Gasteiger partial charge on any atom is -0.475 e. The fourth-order valence-electron chi connectivity index (χ4n) is 2.61. The minimum absolute atomic E-state index is 0.117. The molecule has 0 spiro atoms. The Kier molecular flexibility index (Phi) is 5.01. The predicted molar refractivity (Wildman–Crippen MR) is 113 cm³/mol. The number of benzene rings is 2. The van der Waals surface area contributed by atoms with E-state index in [1.54, 1.807) is 0 Å². The number of rotatable bonds is 2. The fraction of sp³-hybridized carbons (Fsp3) is 0.316. The third-order valence-electron chi connectivity index (χ3n) is 4.04. The molecule has 0 fully saturated rings. The van der Waals surface area contributed by atoms with E-state index in [1.165, 1.54) is 18.3 Å². The number of aliphatic imine (C=N–C) groups is 1. The maximum atomic E-state index is 5.97. The van der Waals surface area contributed by atoms with Gasteiger partial charge in [0, 0.05) is 18.3 Å². The van der Waals surface area contributed by atoms with Gasteiger partial charge >= 0.3 is 0 Å². The number of nitrogens with zero attached hydrogens (tertiary/aromatic N) is 1. The third-order valence-corrected chi connectivity index (χ3v) is 5.84. The monoisotopic (exact) mass is 531 g/mol. The lowest BCUT2D eigenvalue weighted by molar-refractivity contribution is 0.236. The Bertz CT molecular complexity index is 742. The summed E-state index contributed by atoms with van der Waals surface area (Å²) < 4.78 is 8.45. The SMILES string of the molecule is CC(C)(C)[C@H]1COC(c2ccccc2-c2c(I)cccc2I)=N1. The van der Waals surface area contributed by atoms with Crippen molar-refractivity contribution in [3.05, 3.63) is 55.2 Å². The second-order valence-corrected chi connectivity index (χ2v) is 9.09. The van der Waals surface area contributed by atoms with Gasteiger partial charge in [-0.15, -0.1) is 0 Å². The summed E-state index contributed by atoms with van der Waals surface area (Å²) in [5, 5.41) is 0. The first-order valence-corrected chi connectivity index (χ1v) is 9.78. The van der Waals surface area contributed by atoms with Gasteiger partial charge in [-0.1, -0.05) is 45.0 Å². The fourth-order valence-corrected chi connectivity index (χ4v) is 4.70. The van der Waals surface area contributed by atoms with E-state index in [9.17, 15) is 0 Å². The van der Waals surface area contributed by atoms with Gasteiger partial charge in [0.25, 0.3) is 0 Å². The standard InChI is InChI=1S/C19H19I2NO/c1-19(2,3)16-11-23-18(22-16)13-8-5-4-7-12(13)17-14(20)9-6-10-15(17)21/h4-10,16H,11H2,1-3H3/t16-/m1/s1. The molecule has 2 aromatic rings.